The first-order chi connectivity index (χ1) is 19.6. The van der Waals surface area contributed by atoms with E-state index in [0.717, 1.165) is 33.4 Å². The molecule has 0 aliphatic carbocycles. The Bertz CT molecular complexity index is 1180. The molecule has 0 radical (unpaired) electrons. The van der Waals surface area contributed by atoms with Crippen molar-refractivity contribution in [3.63, 3.8) is 0 Å². The fourth-order valence-corrected chi connectivity index (χ4v) is 4.10. The van der Waals surface area contributed by atoms with E-state index >= 15 is 0 Å². The van der Waals surface area contributed by atoms with Gasteiger partial charge >= 0.3 is 11.9 Å². The predicted molar refractivity (Wildman–Crippen MR) is 165 cm³/mol. The average molecular weight is 583 g/mol. The number of carbonyl (C=O) groups excluding carboxylic acids is 2. The summed E-state index contributed by atoms with van der Waals surface area (Å²) < 4.78 is 21.1. The summed E-state index contributed by atoms with van der Waals surface area (Å²) in [5.74, 6) is -0.422. The maximum Gasteiger partial charge on any atom is 0.330 e. The molecule has 0 heterocycles. The highest BCUT2D eigenvalue weighted by Crippen LogP contribution is 2.35. The Morgan fingerprint density at radius 3 is 1.29 bits per heavy atom. The molecule has 0 atom stereocenters. The summed E-state index contributed by atoms with van der Waals surface area (Å²) in [7, 11) is 0. The minimum atomic E-state index is -0.482. The number of phenols is 2. The highest BCUT2D eigenvalue weighted by Gasteiger charge is 2.21. The van der Waals surface area contributed by atoms with Crippen LogP contribution in [0.2, 0.25) is 0 Å². The zero-order valence-electron chi connectivity index (χ0n) is 26.2. The quantitative estimate of drug-likeness (QED) is 0.164. The van der Waals surface area contributed by atoms with Crippen molar-refractivity contribution in [1.29, 1.82) is 0 Å². The van der Waals surface area contributed by atoms with Crippen LogP contribution in [0.5, 0.6) is 11.5 Å². The first-order valence-electron chi connectivity index (χ1n) is 14.1. The van der Waals surface area contributed by atoms with Gasteiger partial charge in [-0.15, -0.1) is 0 Å². The van der Waals surface area contributed by atoms with Gasteiger partial charge in [0.25, 0.3) is 0 Å². The van der Waals surface area contributed by atoms with E-state index in [4.69, 9.17) is 18.9 Å². The first-order valence-corrected chi connectivity index (χ1v) is 14.1. The summed E-state index contributed by atoms with van der Waals surface area (Å²) in [5.41, 5.74) is 4.29. The monoisotopic (exact) mass is 582 g/mol. The highest BCUT2D eigenvalue weighted by atomic mass is 16.6. The van der Waals surface area contributed by atoms with E-state index in [1.807, 2.05) is 79.7 Å². The van der Waals surface area contributed by atoms with Crippen LogP contribution in [-0.2, 0) is 39.4 Å². The average Bonchev–Trinajstić information content (AvgIpc) is 2.89. The van der Waals surface area contributed by atoms with Crippen LogP contribution >= 0.6 is 0 Å². The molecule has 8 nitrogen and oxygen atoms in total. The summed E-state index contributed by atoms with van der Waals surface area (Å²) in [4.78, 5) is 24.1. The summed E-state index contributed by atoms with van der Waals surface area (Å²) in [6, 6.07) is 7.37. The molecule has 8 heteroatoms. The first kappa shape index (κ1) is 34.6. The van der Waals surface area contributed by atoms with Gasteiger partial charge in [-0.1, -0.05) is 41.5 Å². The summed E-state index contributed by atoms with van der Waals surface area (Å²) in [6.45, 7) is 17.0. The molecule has 230 valence electrons. The third-order valence-electron chi connectivity index (χ3n) is 6.40. The van der Waals surface area contributed by atoms with Gasteiger partial charge in [0.15, 0.2) is 0 Å². The van der Waals surface area contributed by atoms with E-state index in [-0.39, 0.29) is 48.8 Å². The minimum absolute atomic E-state index is 0.104. The van der Waals surface area contributed by atoms with E-state index in [1.54, 1.807) is 12.2 Å². The molecule has 0 unspecified atom stereocenters. The van der Waals surface area contributed by atoms with E-state index in [1.165, 1.54) is 12.2 Å². The lowest BCUT2D eigenvalue weighted by Gasteiger charge is -2.22. The number of esters is 2. The van der Waals surface area contributed by atoms with Gasteiger partial charge in [0.05, 0.1) is 26.4 Å². The van der Waals surface area contributed by atoms with Gasteiger partial charge in [-0.25, -0.2) is 9.59 Å². The van der Waals surface area contributed by atoms with Crippen LogP contribution in [0.3, 0.4) is 0 Å². The number of aryl methyl sites for hydroxylation is 2. The molecule has 2 N–H and O–H groups in total. The van der Waals surface area contributed by atoms with Crippen LogP contribution < -0.4 is 0 Å². The summed E-state index contributed by atoms with van der Waals surface area (Å²) in [6.07, 6.45) is 6.04. The topological polar surface area (TPSA) is 112 Å². The van der Waals surface area contributed by atoms with Gasteiger partial charge in [0.1, 0.15) is 24.7 Å². The molecule has 42 heavy (non-hydrogen) atoms. The molecular formula is C34H46O8. The predicted octanol–water partition coefficient (Wildman–Crippen LogP) is 6.16. The number of aromatic hydroxyl groups is 2. The van der Waals surface area contributed by atoms with E-state index in [9.17, 15) is 19.8 Å². The Kier molecular flexibility index (Phi) is 12.8. The Morgan fingerprint density at radius 2 is 0.952 bits per heavy atom. The Balaban J connectivity index is 1.60. The number of rotatable bonds is 13. The van der Waals surface area contributed by atoms with Crippen molar-refractivity contribution in [2.45, 2.75) is 66.2 Å². The number of benzene rings is 2. The second-order valence-electron chi connectivity index (χ2n) is 12.2. The van der Waals surface area contributed by atoms with Gasteiger partial charge < -0.3 is 29.2 Å². The third-order valence-corrected chi connectivity index (χ3v) is 6.40. The second-order valence-corrected chi connectivity index (χ2v) is 12.2. The van der Waals surface area contributed by atoms with Crippen LogP contribution in [-0.4, -0.2) is 61.8 Å². The maximum atomic E-state index is 12.0. The largest absolute Gasteiger partial charge is 0.507 e. The highest BCUT2D eigenvalue weighted by molar-refractivity contribution is 5.87. The normalized spacial score (nSPS) is 12.3. The number of hydrogen-bond donors (Lipinski definition) is 2. The van der Waals surface area contributed by atoms with Crippen LogP contribution in [0.25, 0.3) is 12.2 Å². The molecule has 0 fully saturated rings. The number of ether oxygens (including phenoxy) is 4. The van der Waals surface area contributed by atoms with Crippen LogP contribution in [0.4, 0.5) is 0 Å². The van der Waals surface area contributed by atoms with Crippen molar-refractivity contribution in [2.24, 2.45) is 0 Å². The van der Waals surface area contributed by atoms with E-state index in [0.29, 0.717) is 13.2 Å². The number of hydrogen-bond acceptors (Lipinski definition) is 8. The lowest BCUT2D eigenvalue weighted by atomic mass is 9.84. The van der Waals surface area contributed by atoms with Crippen molar-refractivity contribution in [1.82, 2.24) is 0 Å². The van der Waals surface area contributed by atoms with Crippen molar-refractivity contribution < 1.29 is 38.7 Å². The van der Waals surface area contributed by atoms with Crippen LogP contribution in [0.15, 0.2) is 36.4 Å². The molecule has 0 saturated heterocycles. The van der Waals surface area contributed by atoms with E-state index < -0.39 is 11.9 Å². The molecule has 2 aromatic carbocycles. The molecule has 0 aliphatic rings. The Morgan fingerprint density at radius 1 is 0.619 bits per heavy atom. The Hall–Kier alpha value is -3.62. The van der Waals surface area contributed by atoms with Crippen molar-refractivity contribution >= 4 is 24.1 Å². The molecule has 0 aliphatic heterocycles. The minimum Gasteiger partial charge on any atom is -0.507 e. The van der Waals surface area contributed by atoms with Crippen molar-refractivity contribution in [3.8, 4) is 11.5 Å². The van der Waals surface area contributed by atoms with Gasteiger partial charge in [0.2, 0.25) is 0 Å². The smallest absolute Gasteiger partial charge is 0.330 e. The van der Waals surface area contributed by atoms with E-state index in [2.05, 4.69) is 0 Å². The number of phenolic OH excluding ortho intramolecular Hbond substituents is 2. The second kappa shape index (κ2) is 15.6. The lowest BCUT2D eigenvalue weighted by Crippen LogP contribution is -2.14. The standard InChI is InChI=1S/C34H46O8/c1-23-19-25(21-27(31(23)37)33(3,4)5)9-11-29(35)41-17-15-39-13-14-40-16-18-42-30(36)12-10-26-20-24(2)32(38)28(22-26)34(6,7)8/h9-12,19-22,37-38H,13-18H2,1-8H3/b11-9+,12-10+. The van der Waals surface area contributed by atoms with Crippen LogP contribution in [0.1, 0.15) is 74.9 Å². The fourth-order valence-electron chi connectivity index (χ4n) is 4.10. The van der Waals surface area contributed by atoms with Crippen molar-refractivity contribution in [2.75, 3.05) is 39.6 Å². The zero-order valence-corrected chi connectivity index (χ0v) is 26.2. The maximum absolute atomic E-state index is 12.0. The van der Waals surface area contributed by atoms with Gasteiger partial charge in [-0.2, -0.15) is 0 Å². The van der Waals surface area contributed by atoms with Gasteiger partial charge in [-0.05, 0) is 83.3 Å². The lowest BCUT2D eigenvalue weighted by molar-refractivity contribution is -0.141. The SMILES string of the molecule is Cc1cc(/C=C/C(=O)OCCOCCOCCOC(=O)/C=C/c2cc(C)c(O)c(C(C)(C)C)c2)cc(C(C)(C)C)c1O. The Labute approximate surface area is 250 Å². The molecule has 0 saturated carbocycles. The van der Waals surface area contributed by atoms with Gasteiger partial charge in [-0.3, -0.25) is 0 Å². The molecule has 2 rings (SSSR count). The van der Waals surface area contributed by atoms with Gasteiger partial charge in [0, 0.05) is 23.3 Å². The summed E-state index contributed by atoms with van der Waals surface area (Å²) in [5, 5.41) is 20.7. The summed E-state index contributed by atoms with van der Waals surface area (Å²) >= 11 is 0. The molecule has 0 aromatic heterocycles. The molecule has 0 bridgehead atoms. The third kappa shape index (κ3) is 11.3. The fraction of sp³-hybridized carbons (Fsp3) is 0.471. The number of carbonyl (C=O) groups is 2. The van der Waals surface area contributed by atoms with Crippen LogP contribution in [0, 0.1) is 13.8 Å². The molecular weight excluding hydrogens is 536 g/mol. The molecule has 0 amide bonds. The molecule has 2 aromatic rings. The zero-order chi connectivity index (χ0) is 31.5. The van der Waals surface area contributed by atoms with Crippen molar-refractivity contribution in [3.05, 3.63) is 69.8 Å². The molecule has 0 spiro atoms.